The minimum Gasteiger partial charge on any atom is -0.399 e. The van der Waals surface area contributed by atoms with E-state index in [1.807, 2.05) is 0 Å². The van der Waals surface area contributed by atoms with Crippen molar-refractivity contribution in [3.63, 3.8) is 0 Å². The van der Waals surface area contributed by atoms with Gasteiger partial charge in [-0.15, -0.1) is 0 Å². The lowest BCUT2D eigenvalue weighted by atomic mass is 10.1. The Kier molecular flexibility index (Phi) is 2.19. The number of carbonyl (C=O) groups is 1. The largest absolute Gasteiger partial charge is 0.399 e. The van der Waals surface area contributed by atoms with E-state index >= 15 is 0 Å². The fraction of sp³-hybridized carbons (Fsp3) is 0.125. The fourth-order valence-electron chi connectivity index (χ4n) is 0.952. The summed E-state index contributed by atoms with van der Waals surface area (Å²) in [6, 6.07) is 4.76. The maximum absolute atomic E-state index is 11.1. The maximum atomic E-state index is 11.1. The number of benzene rings is 1. The van der Waals surface area contributed by atoms with Crippen molar-refractivity contribution in [1.29, 1.82) is 0 Å². The molecule has 1 aromatic rings. The van der Waals surface area contributed by atoms with Gasteiger partial charge in [0.05, 0.1) is 0 Å². The summed E-state index contributed by atoms with van der Waals surface area (Å²) in [5.41, 5.74) is 12.5. The summed E-state index contributed by atoms with van der Waals surface area (Å²) in [6.45, 7) is 0. The topological polar surface area (TPSA) is 81.1 Å². The van der Waals surface area contributed by atoms with E-state index in [0.29, 0.717) is 16.9 Å². The Balaban J connectivity index is 3.08. The second kappa shape index (κ2) is 3.13. The Morgan fingerprint density at radius 1 is 1.25 bits per heavy atom. The molecule has 0 aromatic heterocycles. The van der Waals surface area contributed by atoms with Crippen LogP contribution in [0.3, 0.4) is 0 Å². The molecule has 1 rings (SSSR count). The van der Waals surface area contributed by atoms with Gasteiger partial charge in [-0.2, -0.15) is 0 Å². The number of rotatable bonds is 1. The Bertz CT molecular complexity index is 289. The molecule has 0 spiro atoms. The lowest BCUT2D eigenvalue weighted by molar-refractivity contribution is 0.0963. The van der Waals surface area contributed by atoms with Gasteiger partial charge in [-0.05, 0) is 18.2 Å². The molecule has 4 heteroatoms. The Morgan fingerprint density at radius 3 is 2.17 bits per heavy atom. The van der Waals surface area contributed by atoms with Crippen molar-refractivity contribution in [2.45, 2.75) is 0 Å². The van der Waals surface area contributed by atoms with E-state index in [4.69, 9.17) is 11.5 Å². The summed E-state index contributed by atoms with van der Waals surface area (Å²) in [6.07, 6.45) is 0. The molecule has 0 aliphatic rings. The van der Waals surface area contributed by atoms with Crippen LogP contribution in [0.25, 0.3) is 0 Å². The summed E-state index contributed by atoms with van der Waals surface area (Å²) in [7, 11) is 1.56. The summed E-state index contributed by atoms with van der Waals surface area (Å²) in [5.74, 6) is -0.186. The normalized spacial score (nSPS) is 9.42. The number of nitrogen functional groups attached to an aromatic ring is 2. The van der Waals surface area contributed by atoms with Crippen LogP contribution in [0.15, 0.2) is 18.2 Å². The molecule has 4 nitrogen and oxygen atoms in total. The molecule has 64 valence electrons. The molecular weight excluding hydrogens is 154 g/mol. The number of hydrogen-bond donors (Lipinski definition) is 3. The quantitative estimate of drug-likeness (QED) is 0.520. The van der Waals surface area contributed by atoms with Crippen molar-refractivity contribution in [2.75, 3.05) is 18.5 Å². The van der Waals surface area contributed by atoms with Crippen LogP contribution in [0.2, 0.25) is 0 Å². The average Bonchev–Trinajstić information content (AvgIpc) is 2.01. The van der Waals surface area contributed by atoms with E-state index < -0.39 is 0 Å². The number of hydrogen-bond acceptors (Lipinski definition) is 3. The summed E-state index contributed by atoms with van der Waals surface area (Å²) in [5, 5.41) is 2.49. The van der Waals surface area contributed by atoms with Crippen molar-refractivity contribution in [2.24, 2.45) is 0 Å². The molecule has 0 unspecified atom stereocenters. The zero-order valence-electron chi connectivity index (χ0n) is 6.79. The average molecular weight is 165 g/mol. The third kappa shape index (κ3) is 1.66. The molecule has 0 radical (unpaired) electrons. The molecule has 0 heterocycles. The molecule has 0 saturated carbocycles. The first-order valence-electron chi connectivity index (χ1n) is 3.51. The van der Waals surface area contributed by atoms with Gasteiger partial charge in [0.15, 0.2) is 0 Å². The van der Waals surface area contributed by atoms with Gasteiger partial charge in [0, 0.05) is 24.0 Å². The van der Waals surface area contributed by atoms with Gasteiger partial charge >= 0.3 is 0 Å². The molecule has 0 aliphatic heterocycles. The molecule has 0 fully saturated rings. The number of amides is 1. The highest BCUT2D eigenvalue weighted by molar-refractivity contribution is 5.95. The van der Waals surface area contributed by atoms with Crippen molar-refractivity contribution in [3.8, 4) is 0 Å². The lowest BCUT2D eigenvalue weighted by Crippen LogP contribution is -2.18. The zero-order valence-corrected chi connectivity index (χ0v) is 6.79. The van der Waals surface area contributed by atoms with E-state index in [1.54, 1.807) is 25.2 Å². The SMILES string of the molecule is CNC(=O)c1cc(N)cc(N)c1. The summed E-state index contributed by atoms with van der Waals surface area (Å²) < 4.78 is 0. The van der Waals surface area contributed by atoms with Crippen LogP contribution in [-0.2, 0) is 0 Å². The van der Waals surface area contributed by atoms with Crippen LogP contribution in [0.5, 0.6) is 0 Å². The van der Waals surface area contributed by atoms with Crippen LogP contribution in [0, 0.1) is 0 Å². The van der Waals surface area contributed by atoms with Gasteiger partial charge in [0.2, 0.25) is 0 Å². The molecule has 12 heavy (non-hydrogen) atoms. The van der Waals surface area contributed by atoms with E-state index in [0.717, 1.165) is 0 Å². The number of nitrogens with two attached hydrogens (primary N) is 2. The highest BCUT2D eigenvalue weighted by Crippen LogP contribution is 2.12. The van der Waals surface area contributed by atoms with E-state index in [-0.39, 0.29) is 5.91 Å². The smallest absolute Gasteiger partial charge is 0.251 e. The highest BCUT2D eigenvalue weighted by Gasteiger charge is 2.03. The van der Waals surface area contributed by atoms with E-state index in [9.17, 15) is 4.79 Å². The first kappa shape index (κ1) is 8.39. The molecular formula is C8H11N3O. The third-order valence-electron chi connectivity index (χ3n) is 1.47. The van der Waals surface area contributed by atoms with Crippen molar-refractivity contribution in [1.82, 2.24) is 5.32 Å². The number of carbonyl (C=O) groups excluding carboxylic acids is 1. The molecule has 5 N–H and O–H groups in total. The second-order valence-electron chi connectivity index (χ2n) is 2.47. The lowest BCUT2D eigenvalue weighted by Gasteiger charge is -2.02. The van der Waals surface area contributed by atoms with Crippen molar-refractivity contribution >= 4 is 17.3 Å². The van der Waals surface area contributed by atoms with E-state index in [1.165, 1.54) is 0 Å². The van der Waals surface area contributed by atoms with Gasteiger partial charge in [-0.1, -0.05) is 0 Å². The highest BCUT2D eigenvalue weighted by atomic mass is 16.1. The molecule has 1 amide bonds. The standard InChI is InChI=1S/C8H11N3O/c1-11-8(12)5-2-6(9)4-7(10)3-5/h2-4H,9-10H2,1H3,(H,11,12). The first-order chi connectivity index (χ1) is 5.63. The molecule has 0 bridgehead atoms. The van der Waals surface area contributed by atoms with Crippen LogP contribution >= 0.6 is 0 Å². The Hall–Kier alpha value is -1.71. The predicted octanol–water partition coefficient (Wildman–Crippen LogP) is 0.211. The van der Waals surface area contributed by atoms with Crippen molar-refractivity contribution in [3.05, 3.63) is 23.8 Å². The molecule has 1 aromatic carbocycles. The minimum absolute atomic E-state index is 0.186. The van der Waals surface area contributed by atoms with Crippen LogP contribution in [-0.4, -0.2) is 13.0 Å². The first-order valence-corrected chi connectivity index (χ1v) is 3.51. The Morgan fingerprint density at radius 2 is 1.75 bits per heavy atom. The minimum atomic E-state index is -0.186. The van der Waals surface area contributed by atoms with Crippen LogP contribution < -0.4 is 16.8 Å². The number of anilines is 2. The predicted molar refractivity (Wildman–Crippen MR) is 48.7 cm³/mol. The van der Waals surface area contributed by atoms with Crippen LogP contribution in [0.4, 0.5) is 11.4 Å². The van der Waals surface area contributed by atoms with Gasteiger partial charge in [-0.3, -0.25) is 4.79 Å². The van der Waals surface area contributed by atoms with Crippen molar-refractivity contribution < 1.29 is 4.79 Å². The summed E-state index contributed by atoms with van der Waals surface area (Å²) in [4.78, 5) is 11.1. The zero-order chi connectivity index (χ0) is 9.14. The van der Waals surface area contributed by atoms with Gasteiger partial charge in [0.1, 0.15) is 0 Å². The fourth-order valence-corrected chi connectivity index (χ4v) is 0.952. The van der Waals surface area contributed by atoms with Gasteiger partial charge < -0.3 is 16.8 Å². The molecule has 0 atom stereocenters. The monoisotopic (exact) mass is 165 g/mol. The molecule has 0 aliphatic carbocycles. The third-order valence-corrected chi connectivity index (χ3v) is 1.47. The second-order valence-corrected chi connectivity index (χ2v) is 2.47. The van der Waals surface area contributed by atoms with Gasteiger partial charge in [-0.25, -0.2) is 0 Å². The van der Waals surface area contributed by atoms with Gasteiger partial charge in [0.25, 0.3) is 5.91 Å². The number of nitrogens with one attached hydrogen (secondary N) is 1. The Labute approximate surface area is 70.6 Å². The summed E-state index contributed by atoms with van der Waals surface area (Å²) >= 11 is 0. The van der Waals surface area contributed by atoms with Crippen LogP contribution in [0.1, 0.15) is 10.4 Å². The van der Waals surface area contributed by atoms with E-state index in [2.05, 4.69) is 5.32 Å². The molecule has 0 saturated heterocycles. The maximum Gasteiger partial charge on any atom is 0.251 e.